The van der Waals surface area contributed by atoms with Crippen molar-refractivity contribution in [2.75, 3.05) is 13.1 Å². The molecule has 0 aromatic heterocycles. The number of benzene rings is 1. The number of hydrogen-bond acceptors (Lipinski definition) is 3. The first-order valence-corrected chi connectivity index (χ1v) is 6.03. The summed E-state index contributed by atoms with van der Waals surface area (Å²) in [5.74, 6) is -1.77. The van der Waals surface area contributed by atoms with Gasteiger partial charge in [0, 0.05) is 18.7 Å². The molecule has 1 rings (SSSR count). The Bertz CT molecular complexity index is 463. The summed E-state index contributed by atoms with van der Waals surface area (Å²) < 4.78 is 13.4. The Balaban J connectivity index is 2.51. The van der Waals surface area contributed by atoms with E-state index in [-0.39, 0.29) is 30.1 Å². The van der Waals surface area contributed by atoms with Crippen LogP contribution < -0.4 is 10.6 Å². The maximum Gasteiger partial charge on any atom is 0.335 e. The van der Waals surface area contributed by atoms with Crippen LogP contribution in [-0.2, 0) is 11.3 Å². The summed E-state index contributed by atoms with van der Waals surface area (Å²) in [7, 11) is 0. The number of rotatable bonds is 7. The van der Waals surface area contributed by atoms with Crippen LogP contribution in [0.5, 0.6) is 0 Å². The van der Waals surface area contributed by atoms with Crippen molar-refractivity contribution >= 4 is 11.9 Å². The topological polar surface area (TPSA) is 78.4 Å². The Labute approximate surface area is 110 Å². The molecule has 0 fully saturated rings. The predicted molar refractivity (Wildman–Crippen MR) is 68.4 cm³/mol. The molecular formula is C13H17FN2O3. The monoisotopic (exact) mass is 268 g/mol. The van der Waals surface area contributed by atoms with Crippen molar-refractivity contribution in [3.05, 3.63) is 35.1 Å². The molecule has 5 nitrogen and oxygen atoms in total. The molecule has 1 aromatic rings. The fourth-order valence-electron chi connectivity index (χ4n) is 1.48. The minimum absolute atomic E-state index is 0.0219. The van der Waals surface area contributed by atoms with E-state index in [2.05, 4.69) is 10.6 Å². The quantitative estimate of drug-likeness (QED) is 0.693. The van der Waals surface area contributed by atoms with Gasteiger partial charge in [0.05, 0.1) is 12.1 Å². The molecule has 0 aliphatic carbocycles. The number of carbonyl (C=O) groups excluding carboxylic acids is 1. The number of halogens is 1. The number of carboxylic acids is 1. The van der Waals surface area contributed by atoms with Gasteiger partial charge in [0.15, 0.2) is 0 Å². The van der Waals surface area contributed by atoms with Gasteiger partial charge >= 0.3 is 5.97 Å². The molecule has 0 radical (unpaired) electrons. The normalized spacial score (nSPS) is 10.2. The van der Waals surface area contributed by atoms with Gasteiger partial charge < -0.3 is 15.7 Å². The Morgan fingerprint density at radius 3 is 2.74 bits per heavy atom. The summed E-state index contributed by atoms with van der Waals surface area (Å²) >= 11 is 0. The zero-order chi connectivity index (χ0) is 14.3. The molecule has 1 amide bonds. The summed E-state index contributed by atoms with van der Waals surface area (Å²) in [6, 6.07) is 3.57. The second-order valence-corrected chi connectivity index (χ2v) is 4.06. The van der Waals surface area contributed by atoms with Crippen LogP contribution >= 0.6 is 0 Å². The van der Waals surface area contributed by atoms with Crippen molar-refractivity contribution in [3.8, 4) is 0 Å². The van der Waals surface area contributed by atoms with E-state index in [0.717, 1.165) is 12.5 Å². The van der Waals surface area contributed by atoms with E-state index in [1.807, 2.05) is 6.92 Å². The molecule has 0 unspecified atom stereocenters. The van der Waals surface area contributed by atoms with Crippen LogP contribution in [0.1, 0.15) is 29.3 Å². The highest BCUT2D eigenvalue weighted by Crippen LogP contribution is 2.10. The van der Waals surface area contributed by atoms with E-state index in [1.54, 1.807) is 0 Å². The maximum atomic E-state index is 13.4. The molecule has 6 heteroatoms. The van der Waals surface area contributed by atoms with E-state index in [4.69, 9.17) is 5.11 Å². The summed E-state index contributed by atoms with van der Waals surface area (Å²) in [6.45, 7) is 2.72. The number of amides is 1. The summed E-state index contributed by atoms with van der Waals surface area (Å²) in [5, 5.41) is 14.2. The standard InChI is InChI=1S/C13H17FN2O3/c1-2-5-16-12(17)8-15-7-10-6-9(13(18)19)3-4-11(10)14/h3-4,6,15H,2,5,7-8H2,1H3,(H,16,17)(H,18,19). The van der Waals surface area contributed by atoms with Gasteiger partial charge in [-0.15, -0.1) is 0 Å². The predicted octanol–water partition coefficient (Wildman–Crippen LogP) is 1.14. The second kappa shape index (κ2) is 7.48. The number of carboxylic acid groups (broad SMARTS) is 1. The molecule has 104 valence electrons. The van der Waals surface area contributed by atoms with Crippen LogP contribution in [-0.4, -0.2) is 30.1 Å². The average Bonchev–Trinajstić information content (AvgIpc) is 2.38. The van der Waals surface area contributed by atoms with Gasteiger partial charge in [0.25, 0.3) is 0 Å². The highest BCUT2D eigenvalue weighted by molar-refractivity contribution is 5.87. The maximum absolute atomic E-state index is 13.4. The molecule has 0 spiro atoms. The first-order chi connectivity index (χ1) is 9.04. The average molecular weight is 268 g/mol. The molecule has 0 aliphatic heterocycles. The van der Waals surface area contributed by atoms with Gasteiger partial charge in [-0.2, -0.15) is 0 Å². The van der Waals surface area contributed by atoms with Gasteiger partial charge in [-0.25, -0.2) is 9.18 Å². The Morgan fingerprint density at radius 1 is 1.37 bits per heavy atom. The van der Waals surface area contributed by atoms with Crippen molar-refractivity contribution in [2.45, 2.75) is 19.9 Å². The molecule has 0 bridgehead atoms. The zero-order valence-corrected chi connectivity index (χ0v) is 10.7. The minimum Gasteiger partial charge on any atom is -0.478 e. The van der Waals surface area contributed by atoms with Gasteiger partial charge in [0.2, 0.25) is 5.91 Å². The van der Waals surface area contributed by atoms with Crippen LogP contribution in [0.25, 0.3) is 0 Å². The molecule has 1 aromatic carbocycles. The Morgan fingerprint density at radius 2 is 2.11 bits per heavy atom. The lowest BCUT2D eigenvalue weighted by Crippen LogP contribution is -2.34. The van der Waals surface area contributed by atoms with Crippen LogP contribution in [0.15, 0.2) is 18.2 Å². The molecule has 0 saturated heterocycles. The second-order valence-electron chi connectivity index (χ2n) is 4.06. The number of carbonyl (C=O) groups is 2. The lowest BCUT2D eigenvalue weighted by atomic mass is 10.1. The summed E-state index contributed by atoms with van der Waals surface area (Å²) in [5.41, 5.74) is 0.247. The van der Waals surface area contributed by atoms with E-state index in [0.29, 0.717) is 6.54 Å². The summed E-state index contributed by atoms with van der Waals surface area (Å²) in [4.78, 5) is 22.0. The SMILES string of the molecule is CCCNC(=O)CNCc1cc(C(=O)O)ccc1F. The minimum atomic E-state index is -1.11. The van der Waals surface area contributed by atoms with Crippen molar-refractivity contribution in [3.63, 3.8) is 0 Å². The summed E-state index contributed by atoms with van der Waals surface area (Å²) in [6.07, 6.45) is 0.848. The van der Waals surface area contributed by atoms with Gasteiger partial charge in [-0.3, -0.25) is 4.79 Å². The molecular weight excluding hydrogens is 251 g/mol. The number of nitrogens with one attached hydrogen (secondary N) is 2. The lowest BCUT2D eigenvalue weighted by Gasteiger charge is -2.07. The molecule has 0 aliphatic rings. The van der Waals surface area contributed by atoms with E-state index < -0.39 is 11.8 Å². The van der Waals surface area contributed by atoms with Crippen molar-refractivity contribution in [2.24, 2.45) is 0 Å². The lowest BCUT2D eigenvalue weighted by molar-refractivity contribution is -0.120. The Hall–Kier alpha value is -1.95. The van der Waals surface area contributed by atoms with E-state index >= 15 is 0 Å². The molecule has 0 heterocycles. The van der Waals surface area contributed by atoms with Crippen LogP contribution in [0, 0.1) is 5.82 Å². The fraction of sp³-hybridized carbons (Fsp3) is 0.385. The van der Waals surface area contributed by atoms with Crippen molar-refractivity contribution in [1.82, 2.24) is 10.6 Å². The zero-order valence-electron chi connectivity index (χ0n) is 10.7. The smallest absolute Gasteiger partial charge is 0.335 e. The Kier molecular flexibility index (Phi) is 5.95. The van der Waals surface area contributed by atoms with Crippen molar-refractivity contribution in [1.29, 1.82) is 0 Å². The van der Waals surface area contributed by atoms with Gasteiger partial charge in [-0.05, 0) is 24.6 Å². The molecule has 3 N–H and O–H groups in total. The van der Waals surface area contributed by atoms with Gasteiger partial charge in [-0.1, -0.05) is 6.92 Å². The largest absolute Gasteiger partial charge is 0.478 e. The number of hydrogen-bond donors (Lipinski definition) is 3. The highest BCUT2D eigenvalue weighted by atomic mass is 19.1. The van der Waals surface area contributed by atoms with Crippen molar-refractivity contribution < 1.29 is 19.1 Å². The fourth-order valence-corrected chi connectivity index (χ4v) is 1.48. The van der Waals surface area contributed by atoms with Crippen LogP contribution in [0.3, 0.4) is 0 Å². The third-order valence-electron chi connectivity index (χ3n) is 2.47. The third kappa shape index (κ3) is 5.05. The van der Waals surface area contributed by atoms with Gasteiger partial charge in [0.1, 0.15) is 5.82 Å². The van der Waals surface area contributed by atoms with E-state index in [9.17, 15) is 14.0 Å². The molecule has 19 heavy (non-hydrogen) atoms. The first kappa shape index (κ1) is 15.1. The van der Waals surface area contributed by atoms with Crippen LogP contribution in [0.2, 0.25) is 0 Å². The highest BCUT2D eigenvalue weighted by Gasteiger charge is 2.08. The van der Waals surface area contributed by atoms with Crippen LogP contribution in [0.4, 0.5) is 4.39 Å². The number of aromatic carboxylic acids is 1. The molecule has 0 saturated carbocycles. The molecule has 0 atom stereocenters. The first-order valence-electron chi connectivity index (χ1n) is 6.03. The third-order valence-corrected chi connectivity index (χ3v) is 2.47. The van der Waals surface area contributed by atoms with E-state index in [1.165, 1.54) is 12.1 Å².